The van der Waals surface area contributed by atoms with Gasteiger partial charge in [0.2, 0.25) is 0 Å². The first-order valence-electron chi connectivity index (χ1n) is 7.21. The van der Waals surface area contributed by atoms with Gasteiger partial charge in [-0.2, -0.15) is 0 Å². The molecule has 0 rings (SSSR count). The molecule has 0 amide bonds. The monoisotopic (exact) mass is 860 g/mol. The molecule has 0 aliphatic rings. The molecule has 0 heterocycles. The summed E-state index contributed by atoms with van der Waals surface area (Å²) >= 11 is 0. The molecule has 0 aliphatic carbocycles. The smallest absolute Gasteiger partial charge is 3.00 e. The molecule has 43 heavy (non-hydrogen) atoms. The molecule has 0 fully saturated rings. The van der Waals surface area contributed by atoms with Crippen LogP contribution >= 0.6 is 0 Å². The molecule has 4 radical (unpaired) electrons. The van der Waals surface area contributed by atoms with E-state index in [0.29, 0.717) is 0 Å². The summed E-state index contributed by atoms with van der Waals surface area (Å²) in [5, 5.41) is 154. The molecule has 25 heteroatoms. The van der Waals surface area contributed by atoms with Crippen LogP contribution in [0.3, 0.4) is 0 Å². The van der Waals surface area contributed by atoms with Gasteiger partial charge >= 0.3 is 285 Å². The molecule has 0 saturated heterocycles. The maximum absolute atomic E-state index is 8.58. The fourth-order valence-corrected chi connectivity index (χ4v) is 3.28. The first kappa shape index (κ1) is 53.7. The average molecular weight is 859 g/mol. The standard InChI is InChI=1S/18CN.7Fe/c18*1-2;;;;;;;/q;;;;;;;;;;;;;;;;;;3*-4;4*+3. The summed E-state index contributed by atoms with van der Waals surface area (Å²) in [6, 6.07) is 0. The second-order valence-electron chi connectivity index (χ2n) is 5.40. The molecule has 0 spiro atoms. The van der Waals surface area contributed by atoms with Crippen molar-refractivity contribution in [3.63, 3.8) is 0 Å². The maximum atomic E-state index is 8.58. The fraction of sp³-hybridized carbons (Fsp3) is 0. The van der Waals surface area contributed by atoms with E-state index in [1.165, 1.54) is 0 Å². The Bertz CT molecular complexity index is 1420. The van der Waals surface area contributed by atoms with Gasteiger partial charge < -0.3 is 0 Å². The Morgan fingerprint density at radius 3 is 0.209 bits per heavy atom. The summed E-state index contributed by atoms with van der Waals surface area (Å²) in [5.74, 6) is 0. The molecule has 0 aromatic carbocycles. The van der Waals surface area contributed by atoms with E-state index in [2.05, 4.69) is 0 Å². The third-order valence-electron chi connectivity index (χ3n) is 3.56. The van der Waals surface area contributed by atoms with Gasteiger partial charge in [-0.25, -0.2) is 0 Å². The van der Waals surface area contributed by atoms with Crippen molar-refractivity contribution in [2.24, 2.45) is 0 Å². The van der Waals surface area contributed by atoms with Gasteiger partial charge in [0.15, 0.2) is 0 Å². The first-order valence-corrected chi connectivity index (χ1v) is 17.1. The van der Waals surface area contributed by atoms with Gasteiger partial charge in [-0.15, -0.1) is 0 Å². The number of hydrogen-bond acceptors (Lipinski definition) is 18. The first-order chi connectivity index (χ1) is 17.9. The number of hydrogen-bond donors (Lipinski definition) is 0. The van der Waals surface area contributed by atoms with Crippen molar-refractivity contribution in [3.8, 4) is 89.4 Å². The van der Waals surface area contributed by atoms with Gasteiger partial charge in [0, 0.05) is 0 Å². The summed E-state index contributed by atoms with van der Waals surface area (Å²) in [5.41, 5.74) is 0. The van der Waals surface area contributed by atoms with Crippen molar-refractivity contribution in [2.75, 3.05) is 0 Å². The van der Waals surface area contributed by atoms with Gasteiger partial charge in [0.05, 0.1) is 0 Å². The van der Waals surface area contributed by atoms with E-state index in [1.807, 2.05) is 0 Å². The Labute approximate surface area is 281 Å². The summed E-state index contributed by atoms with van der Waals surface area (Å²) < 4.78 is 0. The molecule has 0 bridgehead atoms. The van der Waals surface area contributed by atoms with Crippen LogP contribution in [0.15, 0.2) is 0 Å². The number of nitrogens with zero attached hydrogens (tertiary/aromatic N) is 18. The molecule has 18 nitrogen and oxygen atoms in total. The SMILES string of the molecule is N#[C][Fe-4]([C]#N)([C]#N)([C]#N)([C]#N)[C]#N.N#[C][Fe-4]([C]#N)([C]#N)([C]#N)([C]#N)[C]#N.N#[C][Fe-4]([C]#N)([C]#N)([C]#N)([C]#N)[C]#N.[Fe+3].[Fe+3].[Fe+3].[Fe+3]. The van der Waals surface area contributed by atoms with Crippen molar-refractivity contribution in [3.05, 3.63) is 0 Å². The summed E-state index contributed by atoms with van der Waals surface area (Å²) in [6.07, 6.45) is 0. The normalized spacial score (nSPS) is 12.1. The second-order valence-corrected chi connectivity index (χ2v) is 22.3. The van der Waals surface area contributed by atoms with Gasteiger partial charge in [0.1, 0.15) is 0 Å². The Hall–Kier alpha value is -5.54. The van der Waals surface area contributed by atoms with Crippen LogP contribution in [0.25, 0.3) is 0 Å². The minimum atomic E-state index is -6.17. The molecule has 218 valence electrons. The molecule has 0 unspecified atom stereocenters. The Morgan fingerprint density at radius 2 is 0.209 bits per heavy atom. The summed E-state index contributed by atoms with van der Waals surface area (Å²) in [4.78, 5) is 18.6. The van der Waals surface area contributed by atoms with Crippen LogP contribution in [0, 0.1) is 184 Å². The quantitative estimate of drug-likeness (QED) is 0.295. The van der Waals surface area contributed by atoms with Gasteiger partial charge in [-0.1, -0.05) is 0 Å². The van der Waals surface area contributed by atoms with Crippen molar-refractivity contribution in [2.45, 2.75) is 0 Å². The van der Waals surface area contributed by atoms with Crippen molar-refractivity contribution in [1.82, 2.24) is 0 Å². The van der Waals surface area contributed by atoms with Crippen LogP contribution in [-0.2, 0) is 100 Å². The van der Waals surface area contributed by atoms with Crippen LogP contribution in [0.1, 0.15) is 0 Å². The molecule has 0 atom stereocenters. The van der Waals surface area contributed by atoms with Crippen molar-refractivity contribution < 1.29 is 100 Å². The van der Waals surface area contributed by atoms with Crippen molar-refractivity contribution >= 4 is 0 Å². The fourth-order valence-electron chi connectivity index (χ4n) is 0.795. The summed E-state index contributed by atoms with van der Waals surface area (Å²) in [6.45, 7) is 0. The van der Waals surface area contributed by atoms with E-state index in [4.69, 9.17) is 94.7 Å². The van der Waals surface area contributed by atoms with Crippen LogP contribution in [-0.4, -0.2) is 0 Å². The third-order valence-corrected chi connectivity index (χ3v) is 14.7. The largest absolute Gasteiger partial charge is 3.00 e. The summed E-state index contributed by atoms with van der Waals surface area (Å²) in [7, 11) is -18.5. The van der Waals surface area contributed by atoms with E-state index in [0.717, 1.165) is 89.4 Å². The Morgan fingerprint density at radius 1 is 0.163 bits per heavy atom. The van der Waals surface area contributed by atoms with Crippen LogP contribution in [0.5, 0.6) is 0 Å². The van der Waals surface area contributed by atoms with Crippen LogP contribution in [0.4, 0.5) is 0 Å². The topological polar surface area (TPSA) is 428 Å². The number of rotatable bonds is 0. The molecular weight excluding hydrogens is 859 g/mol. The zero-order valence-corrected chi connectivity index (χ0v) is 27.3. The maximum Gasteiger partial charge on any atom is 3.00 e. The molecule has 0 aliphatic heterocycles. The minimum Gasteiger partial charge on any atom is 3.00 e. The predicted molar refractivity (Wildman–Crippen MR) is 101 cm³/mol. The average Bonchev–Trinajstić information content (AvgIpc) is 3.06. The van der Waals surface area contributed by atoms with E-state index in [1.54, 1.807) is 0 Å². The Balaban J connectivity index is -0.0000000864. The Kier molecular flexibility index (Phi) is 17.3. The van der Waals surface area contributed by atoms with E-state index in [-0.39, 0.29) is 68.3 Å². The molecule has 0 N–H and O–H groups in total. The molecule has 0 aromatic rings. The number of nitriles is 18. The van der Waals surface area contributed by atoms with E-state index < -0.39 is 32.2 Å². The minimum absolute atomic E-state index is 0. The third kappa shape index (κ3) is 6.07. The van der Waals surface area contributed by atoms with E-state index >= 15 is 0 Å². The van der Waals surface area contributed by atoms with Gasteiger partial charge in [-0.05, 0) is 0 Å². The van der Waals surface area contributed by atoms with Crippen LogP contribution < -0.4 is 0 Å². The van der Waals surface area contributed by atoms with E-state index in [9.17, 15) is 0 Å². The predicted octanol–water partition coefficient (Wildman–Crippen LogP) is 0.285. The van der Waals surface area contributed by atoms with Crippen molar-refractivity contribution in [1.29, 1.82) is 94.7 Å². The zero-order chi connectivity index (χ0) is 32.0. The molecule has 0 aromatic heterocycles. The van der Waals surface area contributed by atoms with Crippen LogP contribution in [0.2, 0.25) is 0 Å². The second kappa shape index (κ2) is 13.9. The zero-order valence-electron chi connectivity index (χ0n) is 19.5. The molecular formula is C18Fe7N18. The molecule has 0 saturated carbocycles. The van der Waals surface area contributed by atoms with Gasteiger partial charge in [-0.3, -0.25) is 0 Å². The van der Waals surface area contributed by atoms with Gasteiger partial charge in [0.25, 0.3) is 0 Å².